The molecule has 1 aromatic rings. The third-order valence-electron chi connectivity index (χ3n) is 4.88. The summed E-state index contributed by atoms with van der Waals surface area (Å²) in [4.78, 5) is 4.89. The quantitative estimate of drug-likeness (QED) is 0.680. The Morgan fingerprint density at radius 2 is 1.88 bits per heavy atom. The van der Waals surface area contributed by atoms with Gasteiger partial charge in [0, 0.05) is 46.4 Å². The van der Waals surface area contributed by atoms with Crippen molar-refractivity contribution in [3.05, 3.63) is 29.8 Å². The van der Waals surface area contributed by atoms with Gasteiger partial charge >= 0.3 is 0 Å². The van der Waals surface area contributed by atoms with Crippen molar-refractivity contribution >= 4 is 0 Å². The SMILES string of the molecule is CO[C@@H]1CCN(Cc2ccc(OCCCN3CCOCC3)cc2)C1. The molecule has 2 aliphatic rings. The van der Waals surface area contributed by atoms with Crippen molar-refractivity contribution in [1.29, 1.82) is 0 Å². The molecule has 134 valence electrons. The summed E-state index contributed by atoms with van der Waals surface area (Å²) in [7, 11) is 1.80. The van der Waals surface area contributed by atoms with Gasteiger partial charge in [-0.25, -0.2) is 0 Å². The Morgan fingerprint density at radius 3 is 2.58 bits per heavy atom. The Labute approximate surface area is 145 Å². The minimum Gasteiger partial charge on any atom is -0.494 e. The highest BCUT2D eigenvalue weighted by atomic mass is 16.5. The molecule has 2 fully saturated rings. The van der Waals surface area contributed by atoms with Crippen LogP contribution in [0.15, 0.2) is 24.3 Å². The third kappa shape index (κ3) is 5.45. The number of morpholine rings is 1. The Morgan fingerprint density at radius 1 is 1.08 bits per heavy atom. The van der Waals surface area contributed by atoms with E-state index in [0.29, 0.717) is 6.10 Å². The molecule has 2 heterocycles. The van der Waals surface area contributed by atoms with E-state index < -0.39 is 0 Å². The van der Waals surface area contributed by atoms with Gasteiger partial charge in [-0.3, -0.25) is 9.80 Å². The molecule has 0 aliphatic carbocycles. The first-order valence-electron chi connectivity index (χ1n) is 9.10. The number of hydrogen-bond donors (Lipinski definition) is 0. The van der Waals surface area contributed by atoms with Gasteiger partial charge in [0.15, 0.2) is 0 Å². The van der Waals surface area contributed by atoms with Gasteiger partial charge < -0.3 is 14.2 Å². The molecule has 0 unspecified atom stereocenters. The number of rotatable bonds is 8. The summed E-state index contributed by atoms with van der Waals surface area (Å²) in [6.45, 7) is 8.86. The number of benzene rings is 1. The zero-order chi connectivity index (χ0) is 16.6. The summed E-state index contributed by atoms with van der Waals surface area (Å²) >= 11 is 0. The molecule has 3 rings (SSSR count). The zero-order valence-electron chi connectivity index (χ0n) is 14.8. The minimum absolute atomic E-state index is 0.402. The van der Waals surface area contributed by atoms with Gasteiger partial charge in [0.05, 0.1) is 25.9 Å². The highest BCUT2D eigenvalue weighted by Crippen LogP contribution is 2.18. The van der Waals surface area contributed by atoms with Gasteiger partial charge in [0.25, 0.3) is 0 Å². The van der Waals surface area contributed by atoms with E-state index in [0.717, 1.165) is 77.7 Å². The fourth-order valence-corrected chi connectivity index (χ4v) is 3.39. The van der Waals surface area contributed by atoms with Crippen LogP contribution < -0.4 is 4.74 Å². The van der Waals surface area contributed by atoms with Gasteiger partial charge in [0.1, 0.15) is 5.75 Å². The van der Waals surface area contributed by atoms with Crippen LogP contribution in [0.25, 0.3) is 0 Å². The average Bonchev–Trinajstić information content (AvgIpc) is 3.09. The van der Waals surface area contributed by atoms with Crippen molar-refractivity contribution in [1.82, 2.24) is 9.80 Å². The van der Waals surface area contributed by atoms with E-state index in [1.807, 2.05) is 0 Å². The van der Waals surface area contributed by atoms with Crippen LogP contribution in [0, 0.1) is 0 Å². The maximum atomic E-state index is 5.86. The highest BCUT2D eigenvalue weighted by molar-refractivity contribution is 5.27. The maximum Gasteiger partial charge on any atom is 0.119 e. The molecule has 0 radical (unpaired) electrons. The number of ether oxygens (including phenoxy) is 3. The van der Waals surface area contributed by atoms with Crippen molar-refractivity contribution in [3.8, 4) is 5.75 Å². The molecule has 0 bridgehead atoms. The predicted molar refractivity (Wildman–Crippen MR) is 94.5 cm³/mol. The van der Waals surface area contributed by atoms with E-state index in [1.165, 1.54) is 5.56 Å². The van der Waals surface area contributed by atoms with E-state index in [9.17, 15) is 0 Å². The van der Waals surface area contributed by atoms with Crippen molar-refractivity contribution in [2.24, 2.45) is 0 Å². The van der Waals surface area contributed by atoms with Crippen LogP contribution in [0.1, 0.15) is 18.4 Å². The Balaban J connectivity index is 1.34. The molecule has 1 aromatic carbocycles. The number of hydrogen-bond acceptors (Lipinski definition) is 5. The summed E-state index contributed by atoms with van der Waals surface area (Å²) in [5, 5.41) is 0. The molecular formula is C19H30N2O3. The van der Waals surface area contributed by atoms with E-state index in [-0.39, 0.29) is 0 Å². The van der Waals surface area contributed by atoms with Crippen LogP contribution in [0.2, 0.25) is 0 Å². The fraction of sp³-hybridized carbons (Fsp3) is 0.684. The second-order valence-corrected chi connectivity index (χ2v) is 6.68. The molecule has 0 N–H and O–H groups in total. The summed E-state index contributed by atoms with van der Waals surface area (Å²) in [5.74, 6) is 0.969. The summed E-state index contributed by atoms with van der Waals surface area (Å²) in [6, 6.07) is 8.54. The Bertz CT molecular complexity index is 474. The van der Waals surface area contributed by atoms with Gasteiger partial charge in [-0.1, -0.05) is 12.1 Å². The first-order valence-corrected chi connectivity index (χ1v) is 9.10. The molecule has 0 aromatic heterocycles. The van der Waals surface area contributed by atoms with Gasteiger partial charge in [-0.2, -0.15) is 0 Å². The van der Waals surface area contributed by atoms with E-state index in [4.69, 9.17) is 14.2 Å². The van der Waals surface area contributed by atoms with Crippen molar-refractivity contribution < 1.29 is 14.2 Å². The van der Waals surface area contributed by atoms with E-state index in [2.05, 4.69) is 34.1 Å². The maximum absolute atomic E-state index is 5.86. The molecule has 24 heavy (non-hydrogen) atoms. The number of likely N-dealkylation sites (tertiary alicyclic amines) is 1. The second kappa shape index (κ2) is 9.37. The van der Waals surface area contributed by atoms with Crippen molar-refractivity contribution in [2.45, 2.75) is 25.5 Å². The lowest BCUT2D eigenvalue weighted by Crippen LogP contribution is -2.37. The van der Waals surface area contributed by atoms with Crippen LogP contribution in [0.3, 0.4) is 0 Å². The predicted octanol–water partition coefficient (Wildman–Crippen LogP) is 2.01. The van der Waals surface area contributed by atoms with Gasteiger partial charge in [-0.15, -0.1) is 0 Å². The Kier molecular flexibility index (Phi) is 6.90. The van der Waals surface area contributed by atoms with E-state index >= 15 is 0 Å². The molecule has 5 heteroatoms. The zero-order valence-corrected chi connectivity index (χ0v) is 14.8. The van der Waals surface area contributed by atoms with Crippen LogP contribution >= 0.6 is 0 Å². The van der Waals surface area contributed by atoms with Crippen LogP contribution in [0.5, 0.6) is 5.75 Å². The van der Waals surface area contributed by atoms with Crippen LogP contribution in [0.4, 0.5) is 0 Å². The fourth-order valence-electron chi connectivity index (χ4n) is 3.39. The molecule has 2 aliphatic heterocycles. The number of methoxy groups -OCH3 is 1. The van der Waals surface area contributed by atoms with Gasteiger partial charge in [0.2, 0.25) is 0 Å². The molecule has 1 atom stereocenters. The summed E-state index contributed by atoms with van der Waals surface area (Å²) in [5.41, 5.74) is 1.34. The smallest absolute Gasteiger partial charge is 0.119 e. The van der Waals surface area contributed by atoms with Crippen molar-refractivity contribution in [2.75, 3.05) is 59.7 Å². The largest absolute Gasteiger partial charge is 0.494 e. The highest BCUT2D eigenvalue weighted by Gasteiger charge is 2.21. The van der Waals surface area contributed by atoms with Gasteiger partial charge in [-0.05, 0) is 30.5 Å². The lowest BCUT2D eigenvalue weighted by atomic mass is 10.2. The molecule has 2 saturated heterocycles. The average molecular weight is 334 g/mol. The second-order valence-electron chi connectivity index (χ2n) is 6.68. The van der Waals surface area contributed by atoms with Crippen molar-refractivity contribution in [3.63, 3.8) is 0 Å². The monoisotopic (exact) mass is 334 g/mol. The Hall–Kier alpha value is -1.14. The van der Waals surface area contributed by atoms with Crippen LogP contribution in [-0.2, 0) is 16.0 Å². The molecule has 0 spiro atoms. The van der Waals surface area contributed by atoms with Crippen LogP contribution in [-0.4, -0.2) is 75.6 Å². The molecular weight excluding hydrogens is 304 g/mol. The number of nitrogens with zero attached hydrogens (tertiary/aromatic N) is 2. The lowest BCUT2D eigenvalue weighted by molar-refractivity contribution is 0.0358. The normalized spacial score (nSPS) is 22.8. The topological polar surface area (TPSA) is 34.2 Å². The molecule has 0 saturated carbocycles. The first kappa shape index (κ1) is 17.7. The summed E-state index contributed by atoms with van der Waals surface area (Å²) < 4.78 is 16.7. The van der Waals surface area contributed by atoms with E-state index in [1.54, 1.807) is 7.11 Å². The summed E-state index contributed by atoms with van der Waals surface area (Å²) in [6.07, 6.45) is 2.61. The standard InChI is InChI=1S/C19H30N2O3/c1-22-19-7-9-21(16-19)15-17-3-5-18(6-4-17)24-12-2-8-20-10-13-23-14-11-20/h3-6,19H,2,7-16H2,1H3/t19-/m1/s1. The third-order valence-corrected chi connectivity index (χ3v) is 4.88. The molecule has 0 amide bonds. The minimum atomic E-state index is 0.402. The molecule has 5 nitrogen and oxygen atoms in total. The first-order chi connectivity index (χ1) is 11.8. The lowest BCUT2D eigenvalue weighted by Gasteiger charge is -2.26.